The maximum Gasteiger partial charge on any atom is 0.126 e. The summed E-state index contributed by atoms with van der Waals surface area (Å²) >= 11 is 0. The molecule has 2 aromatic carbocycles. The van der Waals surface area contributed by atoms with E-state index in [0.29, 0.717) is 12.0 Å². The van der Waals surface area contributed by atoms with Crippen LogP contribution in [0.4, 0.5) is 4.39 Å². The molecule has 0 amide bonds. The molecule has 1 atom stereocenters. The number of halogens is 1. The van der Waals surface area contributed by atoms with E-state index in [0.717, 1.165) is 16.5 Å². The van der Waals surface area contributed by atoms with Crippen LogP contribution < -0.4 is 11.3 Å². The predicted molar refractivity (Wildman–Crippen MR) is 81.9 cm³/mol. The summed E-state index contributed by atoms with van der Waals surface area (Å²) < 4.78 is 13.8. The lowest BCUT2D eigenvalue weighted by molar-refractivity contribution is 0.529. The Bertz CT molecular complexity index is 758. The molecule has 0 bridgehead atoms. The minimum absolute atomic E-state index is 0.159. The van der Waals surface area contributed by atoms with E-state index < -0.39 is 0 Å². The molecular formula is C17H16FN3. The van der Waals surface area contributed by atoms with Crippen LogP contribution in [0.3, 0.4) is 0 Å². The second-order valence-electron chi connectivity index (χ2n) is 4.97. The van der Waals surface area contributed by atoms with Gasteiger partial charge in [-0.25, -0.2) is 4.39 Å². The Hall–Kier alpha value is -2.30. The van der Waals surface area contributed by atoms with Gasteiger partial charge in [-0.05, 0) is 35.7 Å². The molecule has 21 heavy (non-hydrogen) atoms. The van der Waals surface area contributed by atoms with Crippen LogP contribution in [0.5, 0.6) is 0 Å². The summed E-state index contributed by atoms with van der Waals surface area (Å²) in [6, 6.07) is 16.5. The Morgan fingerprint density at radius 2 is 1.95 bits per heavy atom. The van der Waals surface area contributed by atoms with Crippen molar-refractivity contribution < 1.29 is 4.39 Å². The highest BCUT2D eigenvalue weighted by atomic mass is 19.1. The van der Waals surface area contributed by atoms with E-state index in [1.165, 1.54) is 6.07 Å². The lowest BCUT2D eigenvalue weighted by atomic mass is 9.98. The van der Waals surface area contributed by atoms with Gasteiger partial charge < -0.3 is 0 Å². The van der Waals surface area contributed by atoms with Crippen molar-refractivity contribution >= 4 is 10.9 Å². The molecule has 3 nitrogen and oxygen atoms in total. The SMILES string of the molecule is NNC(Cc1ccccc1F)c1ccc2cccnc2c1. The van der Waals surface area contributed by atoms with Crippen LogP contribution in [0.15, 0.2) is 60.8 Å². The van der Waals surface area contributed by atoms with Gasteiger partial charge >= 0.3 is 0 Å². The third-order valence-corrected chi connectivity index (χ3v) is 3.62. The van der Waals surface area contributed by atoms with E-state index in [4.69, 9.17) is 5.84 Å². The van der Waals surface area contributed by atoms with Gasteiger partial charge in [-0.15, -0.1) is 0 Å². The van der Waals surface area contributed by atoms with Crippen molar-refractivity contribution in [2.24, 2.45) is 5.84 Å². The number of aromatic nitrogens is 1. The Labute approximate surface area is 122 Å². The van der Waals surface area contributed by atoms with Crippen LogP contribution in [0, 0.1) is 5.82 Å². The van der Waals surface area contributed by atoms with Gasteiger partial charge in [-0.1, -0.05) is 36.4 Å². The number of hydrogen-bond donors (Lipinski definition) is 2. The first-order chi connectivity index (χ1) is 10.3. The Kier molecular flexibility index (Phi) is 3.90. The summed E-state index contributed by atoms with van der Waals surface area (Å²) in [7, 11) is 0. The van der Waals surface area contributed by atoms with Gasteiger partial charge in [-0.3, -0.25) is 16.3 Å². The van der Waals surface area contributed by atoms with Crippen LogP contribution in [-0.4, -0.2) is 4.98 Å². The van der Waals surface area contributed by atoms with Crippen LogP contribution >= 0.6 is 0 Å². The summed E-state index contributed by atoms with van der Waals surface area (Å²) in [4.78, 5) is 4.34. The highest BCUT2D eigenvalue weighted by Crippen LogP contribution is 2.22. The van der Waals surface area contributed by atoms with Crippen molar-refractivity contribution in [2.45, 2.75) is 12.5 Å². The molecule has 0 aliphatic rings. The quantitative estimate of drug-likeness (QED) is 0.570. The molecule has 0 saturated carbocycles. The number of rotatable bonds is 4. The largest absolute Gasteiger partial charge is 0.271 e. The highest BCUT2D eigenvalue weighted by molar-refractivity contribution is 5.79. The van der Waals surface area contributed by atoms with E-state index in [1.807, 2.05) is 36.4 Å². The number of nitrogens with zero attached hydrogens (tertiary/aromatic N) is 1. The van der Waals surface area contributed by atoms with Crippen LogP contribution in [0.25, 0.3) is 10.9 Å². The first-order valence-electron chi connectivity index (χ1n) is 6.82. The van der Waals surface area contributed by atoms with E-state index in [2.05, 4.69) is 10.4 Å². The number of pyridine rings is 1. The number of hydrogen-bond acceptors (Lipinski definition) is 3. The fraction of sp³-hybridized carbons (Fsp3) is 0.118. The zero-order chi connectivity index (χ0) is 14.7. The Morgan fingerprint density at radius 1 is 1.10 bits per heavy atom. The summed E-state index contributed by atoms with van der Waals surface area (Å²) in [6.45, 7) is 0. The molecule has 0 aliphatic carbocycles. The maximum absolute atomic E-state index is 13.8. The molecule has 106 valence electrons. The molecule has 1 aromatic heterocycles. The molecule has 0 fully saturated rings. The average molecular weight is 281 g/mol. The smallest absolute Gasteiger partial charge is 0.126 e. The minimum Gasteiger partial charge on any atom is -0.271 e. The number of nitrogens with one attached hydrogen (secondary N) is 1. The van der Waals surface area contributed by atoms with E-state index in [9.17, 15) is 4.39 Å². The van der Waals surface area contributed by atoms with Crippen molar-refractivity contribution in [1.29, 1.82) is 0 Å². The van der Waals surface area contributed by atoms with Gasteiger partial charge in [-0.2, -0.15) is 0 Å². The predicted octanol–water partition coefficient (Wildman–Crippen LogP) is 3.12. The third kappa shape index (κ3) is 2.91. The lowest BCUT2D eigenvalue weighted by Gasteiger charge is -2.17. The molecule has 0 radical (unpaired) electrons. The van der Waals surface area contributed by atoms with Gasteiger partial charge in [0.2, 0.25) is 0 Å². The molecule has 1 heterocycles. The number of fused-ring (bicyclic) bond motifs is 1. The summed E-state index contributed by atoms with van der Waals surface area (Å²) in [5.41, 5.74) is 5.30. The molecule has 0 spiro atoms. The maximum atomic E-state index is 13.8. The van der Waals surface area contributed by atoms with Crippen molar-refractivity contribution in [1.82, 2.24) is 10.4 Å². The summed E-state index contributed by atoms with van der Waals surface area (Å²) in [6.07, 6.45) is 2.25. The van der Waals surface area contributed by atoms with Crippen LogP contribution in [0.1, 0.15) is 17.2 Å². The molecule has 3 rings (SSSR count). The average Bonchev–Trinajstić information content (AvgIpc) is 2.54. The molecule has 4 heteroatoms. The van der Waals surface area contributed by atoms with E-state index in [1.54, 1.807) is 18.3 Å². The van der Waals surface area contributed by atoms with Gasteiger partial charge in [0, 0.05) is 11.6 Å². The highest BCUT2D eigenvalue weighted by Gasteiger charge is 2.13. The van der Waals surface area contributed by atoms with Gasteiger partial charge in [0.25, 0.3) is 0 Å². The fourth-order valence-electron chi connectivity index (χ4n) is 2.46. The molecule has 1 unspecified atom stereocenters. The molecule has 0 aliphatic heterocycles. The first kappa shape index (κ1) is 13.7. The Morgan fingerprint density at radius 3 is 2.76 bits per heavy atom. The minimum atomic E-state index is -0.211. The third-order valence-electron chi connectivity index (χ3n) is 3.62. The van der Waals surface area contributed by atoms with Crippen LogP contribution in [-0.2, 0) is 6.42 Å². The van der Waals surface area contributed by atoms with Crippen LogP contribution in [0.2, 0.25) is 0 Å². The summed E-state index contributed by atoms with van der Waals surface area (Å²) in [5.74, 6) is 5.44. The van der Waals surface area contributed by atoms with Crippen molar-refractivity contribution in [3.05, 3.63) is 77.7 Å². The standard InChI is InChI=1S/C17H16FN3/c18-15-6-2-1-4-13(15)10-17(21-19)14-8-7-12-5-3-9-20-16(12)11-14/h1-9,11,17,21H,10,19H2. The van der Waals surface area contributed by atoms with Gasteiger partial charge in [0.05, 0.1) is 11.6 Å². The van der Waals surface area contributed by atoms with E-state index >= 15 is 0 Å². The molecule has 0 saturated heterocycles. The normalized spacial score (nSPS) is 12.5. The molecule has 3 aromatic rings. The number of hydrazine groups is 1. The van der Waals surface area contributed by atoms with Crippen molar-refractivity contribution in [2.75, 3.05) is 0 Å². The molecular weight excluding hydrogens is 265 g/mol. The fourth-order valence-corrected chi connectivity index (χ4v) is 2.46. The molecule has 3 N–H and O–H groups in total. The van der Waals surface area contributed by atoms with Gasteiger partial charge in [0.1, 0.15) is 5.82 Å². The number of nitrogens with two attached hydrogens (primary N) is 1. The zero-order valence-corrected chi connectivity index (χ0v) is 11.5. The topological polar surface area (TPSA) is 50.9 Å². The first-order valence-corrected chi connectivity index (χ1v) is 6.82. The summed E-state index contributed by atoms with van der Waals surface area (Å²) in [5, 5.41) is 1.07. The van der Waals surface area contributed by atoms with Crippen molar-refractivity contribution in [3.63, 3.8) is 0 Å². The monoisotopic (exact) mass is 281 g/mol. The number of benzene rings is 2. The Balaban J connectivity index is 1.93. The van der Waals surface area contributed by atoms with E-state index in [-0.39, 0.29) is 11.9 Å². The van der Waals surface area contributed by atoms with Crippen molar-refractivity contribution in [3.8, 4) is 0 Å². The second kappa shape index (κ2) is 5.99. The zero-order valence-electron chi connectivity index (χ0n) is 11.5. The lowest BCUT2D eigenvalue weighted by Crippen LogP contribution is -2.29. The van der Waals surface area contributed by atoms with Gasteiger partial charge in [0.15, 0.2) is 0 Å². The second-order valence-corrected chi connectivity index (χ2v) is 4.97.